The van der Waals surface area contributed by atoms with Crippen LogP contribution in [0.25, 0.3) is 11.3 Å². The molecule has 1 aliphatic rings. The predicted octanol–water partition coefficient (Wildman–Crippen LogP) is 2.04. The van der Waals surface area contributed by atoms with Gasteiger partial charge in [0.25, 0.3) is 5.91 Å². The normalized spacial score (nSPS) is 20.1. The van der Waals surface area contributed by atoms with E-state index >= 15 is 0 Å². The van der Waals surface area contributed by atoms with Crippen molar-refractivity contribution in [2.75, 3.05) is 11.5 Å². The summed E-state index contributed by atoms with van der Waals surface area (Å²) in [7, 11) is -3.05. The van der Waals surface area contributed by atoms with E-state index in [1.807, 2.05) is 12.1 Å². The standard InChI is InChI=1S/C15H16ClN3O3S/c16-11-5-3-10(4-6-11)13-8-14(19-18-13)15(20)17-12-2-1-7-23(21,22)9-12/h3-6,8,12H,1-2,7,9H2,(H,17,20)(H,18,19). The highest BCUT2D eigenvalue weighted by molar-refractivity contribution is 7.91. The van der Waals surface area contributed by atoms with Gasteiger partial charge in [-0.15, -0.1) is 0 Å². The summed E-state index contributed by atoms with van der Waals surface area (Å²) in [6, 6.07) is 8.41. The number of carbonyl (C=O) groups is 1. The Morgan fingerprint density at radius 2 is 2.04 bits per heavy atom. The zero-order valence-corrected chi connectivity index (χ0v) is 13.8. The van der Waals surface area contributed by atoms with E-state index in [9.17, 15) is 13.2 Å². The van der Waals surface area contributed by atoms with Crippen LogP contribution in [0.5, 0.6) is 0 Å². The highest BCUT2D eigenvalue weighted by atomic mass is 35.5. The van der Waals surface area contributed by atoms with Gasteiger partial charge in [0.2, 0.25) is 0 Å². The summed E-state index contributed by atoms with van der Waals surface area (Å²) in [5.41, 5.74) is 1.77. The average Bonchev–Trinajstić information content (AvgIpc) is 2.97. The summed E-state index contributed by atoms with van der Waals surface area (Å²) in [6.07, 6.45) is 1.25. The highest BCUT2D eigenvalue weighted by Crippen LogP contribution is 2.20. The predicted molar refractivity (Wildman–Crippen MR) is 88.2 cm³/mol. The van der Waals surface area contributed by atoms with Gasteiger partial charge in [-0.05, 0) is 31.0 Å². The molecule has 0 bridgehead atoms. The van der Waals surface area contributed by atoms with Crippen molar-refractivity contribution in [2.24, 2.45) is 0 Å². The average molecular weight is 354 g/mol. The SMILES string of the molecule is O=C(NC1CCCS(=O)(=O)C1)c1cc(-c2ccc(Cl)cc2)n[nH]1. The van der Waals surface area contributed by atoms with E-state index in [4.69, 9.17) is 11.6 Å². The van der Waals surface area contributed by atoms with Gasteiger partial charge in [0, 0.05) is 16.6 Å². The molecule has 1 saturated heterocycles. The van der Waals surface area contributed by atoms with Gasteiger partial charge in [-0.2, -0.15) is 5.10 Å². The molecule has 3 rings (SSSR count). The van der Waals surface area contributed by atoms with Crippen molar-refractivity contribution in [1.29, 1.82) is 0 Å². The molecule has 0 radical (unpaired) electrons. The van der Waals surface area contributed by atoms with Gasteiger partial charge in [-0.1, -0.05) is 23.7 Å². The van der Waals surface area contributed by atoms with E-state index in [1.54, 1.807) is 18.2 Å². The van der Waals surface area contributed by atoms with Crippen LogP contribution in [-0.4, -0.2) is 42.1 Å². The fourth-order valence-electron chi connectivity index (χ4n) is 2.61. The van der Waals surface area contributed by atoms with E-state index in [0.29, 0.717) is 29.3 Å². The number of hydrogen-bond donors (Lipinski definition) is 2. The molecule has 6 nitrogen and oxygen atoms in total. The number of rotatable bonds is 3. The maximum atomic E-state index is 12.2. The number of sulfone groups is 1. The van der Waals surface area contributed by atoms with Gasteiger partial charge in [-0.25, -0.2) is 8.42 Å². The molecule has 8 heteroatoms. The van der Waals surface area contributed by atoms with Crippen molar-refractivity contribution < 1.29 is 13.2 Å². The second kappa shape index (κ2) is 6.33. The van der Waals surface area contributed by atoms with Gasteiger partial charge < -0.3 is 5.32 Å². The van der Waals surface area contributed by atoms with Crippen LogP contribution in [0, 0.1) is 0 Å². The Balaban J connectivity index is 1.70. The van der Waals surface area contributed by atoms with E-state index in [0.717, 1.165) is 5.56 Å². The number of nitrogens with zero attached hydrogens (tertiary/aromatic N) is 1. The summed E-state index contributed by atoms with van der Waals surface area (Å²) < 4.78 is 23.2. The number of halogens is 1. The lowest BCUT2D eigenvalue weighted by molar-refractivity contribution is 0.0933. The number of aromatic nitrogens is 2. The van der Waals surface area contributed by atoms with Crippen molar-refractivity contribution in [1.82, 2.24) is 15.5 Å². The molecule has 1 fully saturated rings. The van der Waals surface area contributed by atoms with Crippen LogP contribution < -0.4 is 5.32 Å². The molecule has 1 aliphatic heterocycles. The molecule has 2 N–H and O–H groups in total. The Hall–Kier alpha value is -1.86. The van der Waals surface area contributed by atoms with Crippen LogP contribution >= 0.6 is 11.6 Å². The van der Waals surface area contributed by atoms with E-state index in [1.165, 1.54) is 0 Å². The molecule has 1 atom stereocenters. The van der Waals surface area contributed by atoms with Crippen LogP contribution in [-0.2, 0) is 9.84 Å². The first-order chi connectivity index (χ1) is 10.9. The largest absolute Gasteiger partial charge is 0.347 e. The Labute approximate surface area is 139 Å². The molecule has 23 heavy (non-hydrogen) atoms. The number of amides is 1. The summed E-state index contributed by atoms with van der Waals surface area (Å²) >= 11 is 5.84. The lowest BCUT2D eigenvalue weighted by atomic mass is 10.1. The van der Waals surface area contributed by atoms with Gasteiger partial charge in [-0.3, -0.25) is 9.89 Å². The molecule has 2 aromatic rings. The molecule has 1 amide bonds. The lowest BCUT2D eigenvalue weighted by Crippen LogP contribution is -2.43. The summed E-state index contributed by atoms with van der Waals surface area (Å²) in [4.78, 5) is 12.2. The number of aromatic amines is 1. The second-order valence-electron chi connectivity index (χ2n) is 5.60. The summed E-state index contributed by atoms with van der Waals surface area (Å²) in [5.74, 6) is -0.152. The maximum Gasteiger partial charge on any atom is 0.269 e. The molecule has 1 aromatic carbocycles. The third kappa shape index (κ3) is 3.92. The number of nitrogens with one attached hydrogen (secondary N) is 2. The zero-order valence-electron chi connectivity index (χ0n) is 12.3. The first-order valence-electron chi connectivity index (χ1n) is 7.25. The van der Waals surface area contributed by atoms with Crippen LogP contribution in [0.2, 0.25) is 5.02 Å². The van der Waals surface area contributed by atoms with Crippen LogP contribution in [0.4, 0.5) is 0 Å². The Morgan fingerprint density at radius 3 is 2.74 bits per heavy atom. The topological polar surface area (TPSA) is 91.9 Å². The third-order valence-corrected chi connectivity index (χ3v) is 5.83. The van der Waals surface area contributed by atoms with Crippen molar-refractivity contribution >= 4 is 27.3 Å². The van der Waals surface area contributed by atoms with Crippen molar-refractivity contribution in [3.8, 4) is 11.3 Å². The van der Waals surface area contributed by atoms with Gasteiger partial charge in [0.05, 0.1) is 17.2 Å². The smallest absolute Gasteiger partial charge is 0.269 e. The molecule has 1 unspecified atom stereocenters. The molecule has 0 saturated carbocycles. The van der Waals surface area contributed by atoms with Gasteiger partial charge in [0.15, 0.2) is 9.84 Å². The van der Waals surface area contributed by atoms with Gasteiger partial charge in [0.1, 0.15) is 5.69 Å². The number of benzene rings is 1. The number of H-pyrrole nitrogens is 1. The quantitative estimate of drug-likeness (QED) is 0.883. The highest BCUT2D eigenvalue weighted by Gasteiger charge is 2.26. The molecule has 2 heterocycles. The summed E-state index contributed by atoms with van der Waals surface area (Å²) in [5, 5.41) is 10.2. The molecular weight excluding hydrogens is 338 g/mol. The van der Waals surface area contributed by atoms with E-state index in [2.05, 4.69) is 15.5 Å². The lowest BCUT2D eigenvalue weighted by Gasteiger charge is -2.22. The van der Waals surface area contributed by atoms with E-state index < -0.39 is 9.84 Å². The second-order valence-corrected chi connectivity index (χ2v) is 8.27. The Kier molecular flexibility index (Phi) is 4.41. The molecule has 0 spiro atoms. The zero-order chi connectivity index (χ0) is 16.4. The summed E-state index contributed by atoms with van der Waals surface area (Å²) in [6.45, 7) is 0. The minimum absolute atomic E-state index is 0.00306. The minimum atomic E-state index is -3.05. The van der Waals surface area contributed by atoms with Crippen molar-refractivity contribution in [3.05, 3.63) is 41.0 Å². The minimum Gasteiger partial charge on any atom is -0.347 e. The van der Waals surface area contributed by atoms with Crippen molar-refractivity contribution in [3.63, 3.8) is 0 Å². The molecule has 0 aliphatic carbocycles. The first kappa shape index (κ1) is 16.0. The van der Waals surface area contributed by atoms with Crippen LogP contribution in [0.15, 0.2) is 30.3 Å². The number of carbonyl (C=O) groups excluding carboxylic acids is 1. The number of hydrogen-bond acceptors (Lipinski definition) is 4. The van der Waals surface area contributed by atoms with Gasteiger partial charge >= 0.3 is 0 Å². The Bertz CT molecular complexity index is 815. The van der Waals surface area contributed by atoms with Crippen LogP contribution in [0.3, 0.4) is 0 Å². The fraction of sp³-hybridized carbons (Fsp3) is 0.333. The fourth-order valence-corrected chi connectivity index (χ4v) is 4.37. The van der Waals surface area contributed by atoms with E-state index in [-0.39, 0.29) is 23.5 Å². The van der Waals surface area contributed by atoms with Crippen LogP contribution in [0.1, 0.15) is 23.3 Å². The third-order valence-electron chi connectivity index (χ3n) is 3.76. The molecule has 1 aromatic heterocycles. The monoisotopic (exact) mass is 353 g/mol. The Morgan fingerprint density at radius 1 is 1.30 bits per heavy atom. The molecular formula is C15H16ClN3O3S. The molecule has 122 valence electrons. The first-order valence-corrected chi connectivity index (χ1v) is 9.45. The van der Waals surface area contributed by atoms with Crippen molar-refractivity contribution in [2.45, 2.75) is 18.9 Å². The maximum absolute atomic E-state index is 12.2.